The summed E-state index contributed by atoms with van der Waals surface area (Å²) in [5.41, 5.74) is 1.33. The predicted molar refractivity (Wildman–Crippen MR) is 80.8 cm³/mol. The average molecular weight is 262 g/mol. The molecule has 2 atom stereocenters. The first-order valence-corrected chi connectivity index (χ1v) is 7.39. The molecule has 0 aromatic heterocycles. The molecule has 0 radical (unpaired) electrons. The summed E-state index contributed by atoms with van der Waals surface area (Å²) in [5.74, 6) is 0. The van der Waals surface area contributed by atoms with Crippen molar-refractivity contribution in [2.24, 2.45) is 0 Å². The number of ether oxygens (including phenoxy) is 1. The molecule has 106 valence electrons. The van der Waals surface area contributed by atoms with Crippen molar-refractivity contribution >= 4 is 5.69 Å². The Morgan fingerprint density at radius 1 is 1.32 bits per heavy atom. The molecule has 0 aliphatic carbocycles. The van der Waals surface area contributed by atoms with E-state index in [9.17, 15) is 0 Å². The second-order valence-electron chi connectivity index (χ2n) is 5.33. The molecule has 1 saturated heterocycles. The first-order valence-electron chi connectivity index (χ1n) is 7.39. The molecule has 1 N–H and O–H groups in total. The fourth-order valence-corrected chi connectivity index (χ4v) is 2.68. The van der Waals surface area contributed by atoms with Gasteiger partial charge in [0.1, 0.15) is 0 Å². The van der Waals surface area contributed by atoms with Gasteiger partial charge in [-0.15, -0.1) is 0 Å². The summed E-state index contributed by atoms with van der Waals surface area (Å²) in [6.45, 7) is 5.44. The van der Waals surface area contributed by atoms with E-state index in [4.69, 9.17) is 4.74 Å². The molecule has 2 rings (SSSR count). The maximum Gasteiger partial charge on any atom is 0.0711 e. The molecule has 1 aromatic carbocycles. The quantitative estimate of drug-likeness (QED) is 0.817. The van der Waals surface area contributed by atoms with Crippen LogP contribution in [0, 0.1) is 0 Å². The van der Waals surface area contributed by atoms with E-state index in [1.165, 1.54) is 18.5 Å². The van der Waals surface area contributed by atoms with Gasteiger partial charge in [-0.05, 0) is 25.0 Å². The van der Waals surface area contributed by atoms with Crippen molar-refractivity contribution in [1.29, 1.82) is 0 Å². The van der Waals surface area contributed by atoms with E-state index in [0.717, 1.165) is 26.1 Å². The van der Waals surface area contributed by atoms with E-state index in [0.29, 0.717) is 12.1 Å². The zero-order valence-electron chi connectivity index (χ0n) is 12.1. The van der Waals surface area contributed by atoms with Crippen molar-refractivity contribution in [2.45, 2.75) is 38.3 Å². The van der Waals surface area contributed by atoms with Gasteiger partial charge in [-0.1, -0.05) is 31.5 Å². The van der Waals surface area contributed by atoms with Crippen molar-refractivity contribution in [1.82, 2.24) is 5.32 Å². The minimum Gasteiger partial charge on any atom is -0.380 e. The summed E-state index contributed by atoms with van der Waals surface area (Å²) in [6.07, 6.45) is 3.98. The zero-order chi connectivity index (χ0) is 13.5. The van der Waals surface area contributed by atoms with E-state index >= 15 is 0 Å². The van der Waals surface area contributed by atoms with E-state index in [2.05, 4.69) is 47.5 Å². The number of hydrogen-bond donors (Lipinski definition) is 1. The van der Waals surface area contributed by atoms with Crippen LogP contribution in [0.4, 0.5) is 5.69 Å². The van der Waals surface area contributed by atoms with Crippen LogP contribution in [0.15, 0.2) is 30.3 Å². The Kier molecular flexibility index (Phi) is 5.67. The molecule has 1 aromatic rings. The maximum absolute atomic E-state index is 5.43. The number of methoxy groups -OCH3 is 1. The summed E-state index contributed by atoms with van der Waals surface area (Å²) in [4.78, 5) is 2.50. The van der Waals surface area contributed by atoms with Crippen molar-refractivity contribution < 1.29 is 4.74 Å². The Bertz CT molecular complexity index is 355. The summed E-state index contributed by atoms with van der Waals surface area (Å²) < 4.78 is 5.43. The number of rotatable bonds is 7. The van der Waals surface area contributed by atoms with Crippen LogP contribution in [0.1, 0.15) is 26.2 Å². The summed E-state index contributed by atoms with van der Waals surface area (Å²) in [7, 11) is 1.81. The van der Waals surface area contributed by atoms with Gasteiger partial charge in [-0.2, -0.15) is 0 Å². The molecule has 0 bridgehead atoms. The van der Waals surface area contributed by atoms with Crippen LogP contribution in [0.3, 0.4) is 0 Å². The Labute approximate surface area is 116 Å². The fraction of sp³-hybridized carbons (Fsp3) is 0.625. The molecule has 0 amide bonds. The molecular weight excluding hydrogens is 236 g/mol. The van der Waals surface area contributed by atoms with Crippen LogP contribution < -0.4 is 10.2 Å². The molecule has 19 heavy (non-hydrogen) atoms. The monoisotopic (exact) mass is 262 g/mol. The van der Waals surface area contributed by atoms with Gasteiger partial charge in [-0.25, -0.2) is 0 Å². The largest absolute Gasteiger partial charge is 0.380 e. The predicted octanol–water partition coefficient (Wildman–Crippen LogP) is 2.67. The van der Waals surface area contributed by atoms with E-state index in [-0.39, 0.29) is 0 Å². The van der Waals surface area contributed by atoms with E-state index in [1.54, 1.807) is 7.11 Å². The molecule has 1 fully saturated rings. The molecule has 0 saturated carbocycles. The van der Waals surface area contributed by atoms with Gasteiger partial charge in [0.25, 0.3) is 0 Å². The maximum atomic E-state index is 5.43. The highest BCUT2D eigenvalue weighted by Crippen LogP contribution is 2.18. The highest BCUT2D eigenvalue weighted by atomic mass is 16.5. The highest BCUT2D eigenvalue weighted by molar-refractivity contribution is 5.46. The topological polar surface area (TPSA) is 24.5 Å². The molecule has 0 spiro atoms. The number of anilines is 1. The lowest BCUT2D eigenvalue weighted by Crippen LogP contribution is -2.38. The number of hydrogen-bond acceptors (Lipinski definition) is 3. The molecular formula is C16H26N2O. The van der Waals surface area contributed by atoms with Gasteiger partial charge >= 0.3 is 0 Å². The lowest BCUT2D eigenvalue weighted by molar-refractivity contribution is 0.117. The van der Waals surface area contributed by atoms with Crippen molar-refractivity contribution in [3.8, 4) is 0 Å². The van der Waals surface area contributed by atoms with Crippen LogP contribution >= 0.6 is 0 Å². The van der Waals surface area contributed by atoms with Gasteiger partial charge in [0, 0.05) is 38.5 Å². The third kappa shape index (κ3) is 4.22. The Morgan fingerprint density at radius 3 is 2.74 bits per heavy atom. The average Bonchev–Trinajstić information content (AvgIpc) is 2.92. The smallest absolute Gasteiger partial charge is 0.0711 e. The molecule has 3 nitrogen and oxygen atoms in total. The normalized spacial score (nSPS) is 22.6. The van der Waals surface area contributed by atoms with E-state index in [1.807, 2.05) is 0 Å². The first kappa shape index (κ1) is 14.4. The Morgan fingerprint density at radius 2 is 2.11 bits per heavy atom. The lowest BCUT2D eigenvalue weighted by atomic mass is 10.1. The molecule has 1 heterocycles. The fourth-order valence-electron chi connectivity index (χ4n) is 2.68. The van der Waals surface area contributed by atoms with Crippen LogP contribution in [-0.2, 0) is 4.74 Å². The van der Waals surface area contributed by atoms with Crippen LogP contribution in [-0.4, -0.2) is 38.9 Å². The number of unbranched alkanes of at least 4 members (excludes halogenated alkanes) is 1. The van der Waals surface area contributed by atoms with Crippen LogP contribution in [0.25, 0.3) is 0 Å². The minimum atomic E-state index is 0.383. The number of para-hydroxylation sites is 1. The second kappa shape index (κ2) is 7.51. The first-order chi connectivity index (χ1) is 9.33. The standard InChI is InChI=1S/C16H26N2O/c1-3-4-10-18(15-8-6-5-7-9-15)13-14-11-16(19-2)12-17-14/h5-9,14,16-17H,3-4,10-13H2,1-2H3. The second-order valence-corrected chi connectivity index (χ2v) is 5.33. The van der Waals surface area contributed by atoms with Gasteiger partial charge in [0.05, 0.1) is 6.10 Å². The SMILES string of the molecule is CCCCN(CC1CC(OC)CN1)c1ccccc1. The van der Waals surface area contributed by atoms with Crippen molar-refractivity contribution in [3.05, 3.63) is 30.3 Å². The highest BCUT2D eigenvalue weighted by Gasteiger charge is 2.25. The van der Waals surface area contributed by atoms with Gasteiger partial charge in [0.15, 0.2) is 0 Å². The molecule has 1 aliphatic rings. The summed E-state index contributed by atoms with van der Waals surface area (Å²) >= 11 is 0. The number of nitrogens with one attached hydrogen (secondary N) is 1. The summed E-state index contributed by atoms with van der Waals surface area (Å²) in [5, 5.41) is 3.57. The number of nitrogens with zero attached hydrogens (tertiary/aromatic N) is 1. The van der Waals surface area contributed by atoms with Crippen LogP contribution in [0.5, 0.6) is 0 Å². The number of benzene rings is 1. The molecule has 3 heteroatoms. The van der Waals surface area contributed by atoms with Crippen molar-refractivity contribution in [2.75, 3.05) is 31.6 Å². The summed E-state index contributed by atoms with van der Waals surface area (Å²) in [6, 6.07) is 11.3. The van der Waals surface area contributed by atoms with Crippen LogP contribution in [0.2, 0.25) is 0 Å². The zero-order valence-corrected chi connectivity index (χ0v) is 12.1. The van der Waals surface area contributed by atoms with E-state index < -0.39 is 0 Å². The minimum absolute atomic E-state index is 0.383. The van der Waals surface area contributed by atoms with Gasteiger partial charge < -0.3 is 15.0 Å². The third-order valence-corrected chi connectivity index (χ3v) is 3.86. The van der Waals surface area contributed by atoms with Gasteiger partial charge in [0.2, 0.25) is 0 Å². The Hall–Kier alpha value is -1.06. The third-order valence-electron chi connectivity index (χ3n) is 3.86. The molecule has 2 unspecified atom stereocenters. The Balaban J connectivity index is 1.94. The molecule has 1 aliphatic heterocycles. The van der Waals surface area contributed by atoms with Crippen molar-refractivity contribution in [3.63, 3.8) is 0 Å². The van der Waals surface area contributed by atoms with Gasteiger partial charge in [-0.3, -0.25) is 0 Å². The lowest BCUT2D eigenvalue weighted by Gasteiger charge is -2.28.